The van der Waals surface area contributed by atoms with E-state index in [-0.39, 0.29) is 1.43 Å². The highest BCUT2D eigenvalue weighted by Gasteiger charge is 2.18. The van der Waals surface area contributed by atoms with Gasteiger partial charge >= 0.3 is 0 Å². The summed E-state index contributed by atoms with van der Waals surface area (Å²) in [4.78, 5) is 11.5. The van der Waals surface area contributed by atoms with Gasteiger partial charge in [0, 0.05) is 37.9 Å². The van der Waals surface area contributed by atoms with E-state index in [9.17, 15) is 0 Å². The molecule has 2 heterocycles. The van der Waals surface area contributed by atoms with Crippen LogP contribution in [0.25, 0.3) is 11.8 Å². The van der Waals surface area contributed by atoms with Gasteiger partial charge in [0.05, 0.1) is 11.4 Å². The molecule has 0 saturated heterocycles. The van der Waals surface area contributed by atoms with Crippen LogP contribution in [0.1, 0.15) is 40.2 Å². The molecule has 0 saturated carbocycles. The smallest absolute Gasteiger partial charge is 0.139 e. The Morgan fingerprint density at radius 1 is 1.27 bits per heavy atom. The van der Waals surface area contributed by atoms with E-state index in [1.807, 2.05) is 51.5 Å². The first-order valence-electron chi connectivity index (χ1n) is 11.1. The molecule has 1 aromatic carbocycles. The van der Waals surface area contributed by atoms with E-state index < -0.39 is 0 Å². The maximum absolute atomic E-state index is 4.86. The van der Waals surface area contributed by atoms with E-state index in [0.29, 0.717) is 17.7 Å². The van der Waals surface area contributed by atoms with Gasteiger partial charge < -0.3 is 10.2 Å². The number of nitrogens with one attached hydrogen (secondary N) is 1. The van der Waals surface area contributed by atoms with E-state index in [0.717, 1.165) is 33.9 Å². The number of allylic oxidation sites excluding steroid dienone is 3. The zero-order valence-corrected chi connectivity index (χ0v) is 20.4. The van der Waals surface area contributed by atoms with Crippen LogP contribution in [0.3, 0.4) is 0 Å². The normalized spacial score (nSPS) is 16.4. The summed E-state index contributed by atoms with van der Waals surface area (Å²) in [6.07, 6.45) is 14.1. The van der Waals surface area contributed by atoms with Crippen molar-refractivity contribution in [2.24, 2.45) is 21.8 Å². The van der Waals surface area contributed by atoms with Gasteiger partial charge in [0.1, 0.15) is 11.5 Å². The van der Waals surface area contributed by atoms with Crippen LogP contribution in [0.15, 0.2) is 101 Å². The average Bonchev–Trinajstić information content (AvgIpc) is 3.22. The number of fused-ring (bicyclic) bond motifs is 1. The molecule has 0 radical (unpaired) electrons. The lowest BCUT2D eigenvalue weighted by atomic mass is 9.97. The predicted octanol–water partition coefficient (Wildman–Crippen LogP) is 7.27. The first-order chi connectivity index (χ1) is 16.0. The lowest BCUT2D eigenvalue weighted by Crippen LogP contribution is -2.20. The summed E-state index contributed by atoms with van der Waals surface area (Å²) < 4.78 is 0. The molecule has 1 unspecified atom stereocenters. The highest BCUT2D eigenvalue weighted by atomic mass is 15.1. The monoisotopic (exact) mass is 440 g/mol. The summed E-state index contributed by atoms with van der Waals surface area (Å²) in [7, 11) is 2.04. The number of amidine groups is 1. The summed E-state index contributed by atoms with van der Waals surface area (Å²) in [6, 6.07) is 6.29. The molecule has 2 aliphatic heterocycles. The van der Waals surface area contributed by atoms with Crippen LogP contribution in [0.4, 0.5) is 5.69 Å². The van der Waals surface area contributed by atoms with E-state index >= 15 is 0 Å². The molecule has 1 N–H and O–H groups in total. The SMILES string of the molecule is C=C.C=C=C(NC1=Nc2cc(/C(=C/C)N(C)/C=C/C)ccc2C=C=C1)C1=CC(C(C)C)C=N1.[HH]. The van der Waals surface area contributed by atoms with Crippen molar-refractivity contribution in [1.29, 1.82) is 0 Å². The van der Waals surface area contributed by atoms with Gasteiger partial charge in [-0.2, -0.15) is 0 Å². The molecule has 0 aromatic heterocycles. The molecule has 4 nitrogen and oxygen atoms in total. The van der Waals surface area contributed by atoms with Crippen molar-refractivity contribution in [3.8, 4) is 0 Å². The van der Waals surface area contributed by atoms with Gasteiger partial charge in [-0.15, -0.1) is 24.6 Å². The highest BCUT2D eigenvalue weighted by molar-refractivity contribution is 5.98. The number of hydrogen-bond acceptors (Lipinski definition) is 4. The molecule has 0 spiro atoms. The van der Waals surface area contributed by atoms with Gasteiger partial charge in [0.15, 0.2) is 0 Å². The second kappa shape index (κ2) is 12.3. The van der Waals surface area contributed by atoms with Crippen molar-refractivity contribution in [1.82, 2.24) is 10.2 Å². The largest absolute Gasteiger partial charge is 0.351 e. The Labute approximate surface area is 200 Å². The fourth-order valence-electron chi connectivity index (χ4n) is 3.51. The van der Waals surface area contributed by atoms with Crippen molar-refractivity contribution in [3.05, 3.63) is 102 Å². The van der Waals surface area contributed by atoms with Crippen molar-refractivity contribution in [3.63, 3.8) is 0 Å². The maximum atomic E-state index is 4.86. The molecule has 33 heavy (non-hydrogen) atoms. The van der Waals surface area contributed by atoms with E-state index in [1.165, 1.54) is 0 Å². The summed E-state index contributed by atoms with van der Waals surface area (Å²) in [6.45, 7) is 18.3. The molecule has 172 valence electrons. The summed E-state index contributed by atoms with van der Waals surface area (Å²) >= 11 is 0. The first kappa shape index (κ1) is 25.4. The zero-order valence-electron chi connectivity index (χ0n) is 20.4. The third-order valence-corrected chi connectivity index (χ3v) is 5.24. The van der Waals surface area contributed by atoms with Crippen molar-refractivity contribution in [2.75, 3.05) is 7.05 Å². The molecule has 2 aliphatic rings. The molecule has 0 amide bonds. The fraction of sp³-hybridized carbons (Fsp3) is 0.241. The van der Waals surface area contributed by atoms with Crippen molar-refractivity contribution >= 4 is 29.5 Å². The lowest BCUT2D eigenvalue weighted by molar-refractivity contribution is 0.589. The van der Waals surface area contributed by atoms with E-state index in [4.69, 9.17) is 4.99 Å². The highest BCUT2D eigenvalue weighted by Crippen LogP contribution is 2.29. The van der Waals surface area contributed by atoms with Crippen LogP contribution in [-0.4, -0.2) is 24.0 Å². The number of rotatable bonds is 6. The Bertz CT molecular complexity index is 1130. The van der Waals surface area contributed by atoms with Gasteiger partial charge in [0.2, 0.25) is 0 Å². The minimum absolute atomic E-state index is 0. The molecular formula is C29H36N4. The van der Waals surface area contributed by atoms with Crippen LogP contribution in [-0.2, 0) is 0 Å². The quantitative estimate of drug-likeness (QED) is 0.373. The van der Waals surface area contributed by atoms with Gasteiger partial charge in [-0.05, 0) is 49.7 Å². The second-order valence-corrected chi connectivity index (χ2v) is 7.82. The Morgan fingerprint density at radius 3 is 2.64 bits per heavy atom. The average molecular weight is 441 g/mol. The minimum Gasteiger partial charge on any atom is -0.351 e. The van der Waals surface area contributed by atoms with Gasteiger partial charge in [-0.25, -0.2) is 4.99 Å². The fourth-order valence-corrected chi connectivity index (χ4v) is 3.51. The second-order valence-electron chi connectivity index (χ2n) is 7.82. The number of hydrogen-bond donors (Lipinski definition) is 1. The van der Waals surface area contributed by atoms with Crippen LogP contribution in [0, 0.1) is 11.8 Å². The first-order valence-corrected chi connectivity index (χ1v) is 11.1. The predicted molar refractivity (Wildman–Crippen MR) is 146 cm³/mol. The Morgan fingerprint density at radius 2 is 2.03 bits per heavy atom. The molecule has 1 aromatic rings. The van der Waals surface area contributed by atoms with Gasteiger partial charge in [-0.3, -0.25) is 4.99 Å². The minimum atomic E-state index is 0. The van der Waals surface area contributed by atoms with Gasteiger partial charge in [-0.1, -0.05) is 44.7 Å². The van der Waals surface area contributed by atoms with Crippen LogP contribution in [0.2, 0.25) is 0 Å². The Balaban J connectivity index is 0.00000188. The molecule has 0 aliphatic carbocycles. The zero-order chi connectivity index (χ0) is 24.4. The molecule has 0 bridgehead atoms. The Kier molecular flexibility index (Phi) is 9.45. The van der Waals surface area contributed by atoms with Crippen LogP contribution in [0.5, 0.6) is 0 Å². The summed E-state index contributed by atoms with van der Waals surface area (Å²) in [5.41, 5.74) is 11.9. The third kappa shape index (κ3) is 6.33. The summed E-state index contributed by atoms with van der Waals surface area (Å²) in [5, 5.41) is 3.33. The molecule has 1 atom stereocenters. The molecule has 4 heteroatoms. The van der Waals surface area contributed by atoms with Crippen molar-refractivity contribution < 1.29 is 1.43 Å². The number of benzene rings is 1. The summed E-state index contributed by atoms with van der Waals surface area (Å²) in [5.74, 6) is 1.49. The topological polar surface area (TPSA) is 40.0 Å². The van der Waals surface area contributed by atoms with E-state index in [2.05, 4.69) is 90.6 Å². The van der Waals surface area contributed by atoms with Crippen LogP contribution < -0.4 is 5.32 Å². The van der Waals surface area contributed by atoms with Gasteiger partial charge in [0.25, 0.3) is 0 Å². The lowest BCUT2D eigenvalue weighted by Gasteiger charge is -2.19. The number of nitrogens with zero attached hydrogens (tertiary/aromatic N) is 3. The van der Waals surface area contributed by atoms with Crippen LogP contribution >= 0.6 is 0 Å². The van der Waals surface area contributed by atoms with E-state index in [1.54, 1.807) is 0 Å². The molecule has 0 fully saturated rings. The number of aliphatic imine (C=N–C) groups is 2. The maximum Gasteiger partial charge on any atom is 0.139 e. The standard InChI is InChI=1S/C27H30N4.C2H4.H2/c1-7-15-31(6)26(9-3)21-14-13-20-11-10-12-27(30-24(20)16-21)29-23(8-2)25-17-22(18-28-25)19(4)5;1-2;/h7,9,11-19,22H,2H2,1,3-6H3,(H,29,30);1-2H2;1H/b15-7+,26-9-;;. The third-order valence-electron chi connectivity index (χ3n) is 5.24. The molecular weight excluding hydrogens is 404 g/mol. The Hall–Kier alpha value is -3.84. The van der Waals surface area contributed by atoms with Crippen molar-refractivity contribution in [2.45, 2.75) is 27.7 Å². The molecule has 3 rings (SSSR count).